The third kappa shape index (κ3) is 8.68. The van der Waals surface area contributed by atoms with Crippen molar-refractivity contribution in [1.82, 2.24) is 10.6 Å². The SMILES string of the molecule is CC(C)[C@H](NC(=O)Cc1ccccc1)C(=O)OCC(=O)NC(=O)c1ccc(OC(F)F)cc1. The first-order valence-electron chi connectivity index (χ1n) is 10.0. The lowest BCUT2D eigenvalue weighted by atomic mass is 10.0. The molecule has 0 saturated heterocycles. The molecular formula is C23H24F2N2O6. The summed E-state index contributed by atoms with van der Waals surface area (Å²) in [6.45, 7) is -0.326. The average molecular weight is 462 g/mol. The van der Waals surface area contributed by atoms with Gasteiger partial charge in [-0.15, -0.1) is 0 Å². The van der Waals surface area contributed by atoms with Crippen LogP contribution in [0.3, 0.4) is 0 Å². The number of benzene rings is 2. The Labute approximate surface area is 189 Å². The molecule has 3 amide bonds. The zero-order valence-electron chi connectivity index (χ0n) is 18.0. The van der Waals surface area contributed by atoms with Gasteiger partial charge in [0.1, 0.15) is 11.8 Å². The van der Waals surface area contributed by atoms with Crippen molar-refractivity contribution in [1.29, 1.82) is 0 Å². The van der Waals surface area contributed by atoms with Crippen LogP contribution in [0.4, 0.5) is 8.78 Å². The molecule has 2 N–H and O–H groups in total. The highest BCUT2D eigenvalue weighted by molar-refractivity contribution is 6.05. The van der Waals surface area contributed by atoms with Crippen LogP contribution in [0, 0.1) is 5.92 Å². The van der Waals surface area contributed by atoms with E-state index in [1.807, 2.05) is 11.4 Å². The Morgan fingerprint density at radius 1 is 0.909 bits per heavy atom. The van der Waals surface area contributed by atoms with Crippen LogP contribution in [0.15, 0.2) is 54.6 Å². The quantitative estimate of drug-likeness (QED) is 0.525. The van der Waals surface area contributed by atoms with Crippen molar-refractivity contribution in [2.24, 2.45) is 5.92 Å². The van der Waals surface area contributed by atoms with Crippen LogP contribution in [0.2, 0.25) is 0 Å². The molecule has 0 aromatic heterocycles. The van der Waals surface area contributed by atoms with E-state index in [0.29, 0.717) is 0 Å². The van der Waals surface area contributed by atoms with Gasteiger partial charge >= 0.3 is 12.6 Å². The number of nitrogens with one attached hydrogen (secondary N) is 2. The number of alkyl halides is 2. The Balaban J connectivity index is 1.84. The lowest BCUT2D eigenvalue weighted by Crippen LogP contribution is -2.46. The number of halogens is 2. The van der Waals surface area contributed by atoms with Crippen LogP contribution >= 0.6 is 0 Å². The highest BCUT2D eigenvalue weighted by Gasteiger charge is 2.26. The minimum absolute atomic E-state index is 0.0181. The molecule has 176 valence electrons. The number of rotatable bonds is 10. The molecule has 0 bridgehead atoms. The minimum Gasteiger partial charge on any atom is -0.454 e. The van der Waals surface area contributed by atoms with Crippen molar-refractivity contribution in [2.45, 2.75) is 32.9 Å². The van der Waals surface area contributed by atoms with E-state index in [0.717, 1.165) is 17.7 Å². The topological polar surface area (TPSA) is 111 Å². The first kappa shape index (κ1) is 25.4. The Morgan fingerprint density at radius 2 is 1.55 bits per heavy atom. The third-order valence-corrected chi connectivity index (χ3v) is 4.38. The molecule has 0 saturated carbocycles. The van der Waals surface area contributed by atoms with Crippen molar-refractivity contribution < 1.29 is 37.4 Å². The van der Waals surface area contributed by atoms with Gasteiger partial charge in [0.05, 0.1) is 6.42 Å². The van der Waals surface area contributed by atoms with E-state index in [1.165, 1.54) is 12.1 Å². The van der Waals surface area contributed by atoms with Gasteiger partial charge < -0.3 is 14.8 Å². The van der Waals surface area contributed by atoms with Crippen LogP contribution in [0.25, 0.3) is 0 Å². The van der Waals surface area contributed by atoms with Crippen molar-refractivity contribution in [3.63, 3.8) is 0 Å². The Hall–Kier alpha value is -3.82. The van der Waals surface area contributed by atoms with Crippen LogP contribution in [0.1, 0.15) is 29.8 Å². The number of ether oxygens (including phenoxy) is 2. The van der Waals surface area contributed by atoms with Crippen LogP contribution < -0.4 is 15.4 Å². The fraction of sp³-hybridized carbons (Fsp3) is 0.304. The highest BCUT2D eigenvalue weighted by atomic mass is 19.3. The van der Waals surface area contributed by atoms with Gasteiger partial charge in [-0.3, -0.25) is 19.7 Å². The summed E-state index contributed by atoms with van der Waals surface area (Å²) >= 11 is 0. The molecule has 33 heavy (non-hydrogen) atoms. The summed E-state index contributed by atoms with van der Waals surface area (Å²) in [7, 11) is 0. The number of carbonyl (C=O) groups excluding carboxylic acids is 4. The molecule has 0 fully saturated rings. The average Bonchev–Trinajstić information content (AvgIpc) is 2.76. The lowest BCUT2D eigenvalue weighted by Gasteiger charge is -2.20. The summed E-state index contributed by atoms with van der Waals surface area (Å²) in [4.78, 5) is 48.7. The third-order valence-electron chi connectivity index (χ3n) is 4.38. The molecule has 1 atom stereocenters. The largest absolute Gasteiger partial charge is 0.454 e. The molecule has 2 aromatic carbocycles. The summed E-state index contributed by atoms with van der Waals surface area (Å²) in [5, 5.41) is 4.62. The van der Waals surface area contributed by atoms with E-state index in [2.05, 4.69) is 10.1 Å². The van der Waals surface area contributed by atoms with E-state index in [9.17, 15) is 28.0 Å². The molecule has 0 unspecified atom stereocenters. The molecule has 0 aliphatic heterocycles. The molecule has 10 heteroatoms. The van der Waals surface area contributed by atoms with Gasteiger partial charge in [-0.05, 0) is 35.7 Å². The predicted molar refractivity (Wildman–Crippen MR) is 113 cm³/mol. The molecule has 2 aromatic rings. The zero-order chi connectivity index (χ0) is 24.4. The van der Waals surface area contributed by atoms with Gasteiger partial charge in [-0.2, -0.15) is 8.78 Å². The number of esters is 1. The number of carbonyl (C=O) groups is 4. The fourth-order valence-corrected chi connectivity index (χ4v) is 2.75. The maximum Gasteiger partial charge on any atom is 0.387 e. The van der Waals surface area contributed by atoms with Crippen molar-refractivity contribution in [2.75, 3.05) is 6.61 Å². The van der Waals surface area contributed by atoms with Gasteiger partial charge in [-0.25, -0.2) is 4.79 Å². The van der Waals surface area contributed by atoms with Crippen LogP contribution in [0.5, 0.6) is 5.75 Å². The standard InChI is InChI=1S/C23H24F2N2O6/c1-14(2)20(26-18(28)12-15-6-4-3-5-7-15)22(31)32-13-19(29)27-21(30)16-8-10-17(11-9-16)33-23(24)25/h3-11,14,20,23H,12-13H2,1-2H3,(H,26,28)(H,27,29,30)/t20-/m0/s1. The van der Waals surface area contributed by atoms with Gasteiger partial charge in [0.15, 0.2) is 6.61 Å². The van der Waals surface area contributed by atoms with Crippen LogP contribution in [-0.4, -0.2) is 43.0 Å². The van der Waals surface area contributed by atoms with Crippen molar-refractivity contribution >= 4 is 23.7 Å². The number of hydrogen-bond donors (Lipinski definition) is 2. The molecule has 0 heterocycles. The zero-order valence-corrected chi connectivity index (χ0v) is 18.0. The summed E-state index contributed by atoms with van der Waals surface area (Å²) in [6, 6.07) is 12.7. The molecular weight excluding hydrogens is 438 g/mol. The molecule has 2 rings (SSSR count). The second-order valence-electron chi connectivity index (χ2n) is 7.34. The maximum atomic E-state index is 12.4. The summed E-state index contributed by atoms with van der Waals surface area (Å²) < 4.78 is 33.5. The summed E-state index contributed by atoms with van der Waals surface area (Å²) in [5.74, 6) is -3.35. The van der Waals surface area contributed by atoms with E-state index >= 15 is 0 Å². The van der Waals surface area contributed by atoms with E-state index in [-0.39, 0.29) is 29.6 Å². The highest BCUT2D eigenvalue weighted by Crippen LogP contribution is 2.14. The monoisotopic (exact) mass is 462 g/mol. The first-order valence-corrected chi connectivity index (χ1v) is 10.0. The van der Waals surface area contributed by atoms with Crippen molar-refractivity contribution in [3.05, 3.63) is 65.7 Å². The first-order chi connectivity index (χ1) is 15.7. The van der Waals surface area contributed by atoms with Gasteiger partial charge in [-0.1, -0.05) is 44.2 Å². The molecule has 0 aliphatic carbocycles. The Bertz CT molecular complexity index is 965. The Kier molecular flexibility index (Phi) is 9.46. The smallest absolute Gasteiger partial charge is 0.387 e. The van der Waals surface area contributed by atoms with E-state index in [4.69, 9.17) is 4.74 Å². The lowest BCUT2D eigenvalue weighted by molar-refractivity contribution is -0.152. The number of hydrogen-bond acceptors (Lipinski definition) is 6. The fourth-order valence-electron chi connectivity index (χ4n) is 2.75. The van der Waals surface area contributed by atoms with Gasteiger partial charge in [0.2, 0.25) is 5.91 Å². The molecule has 0 aliphatic rings. The Morgan fingerprint density at radius 3 is 2.12 bits per heavy atom. The number of imide groups is 1. The van der Waals surface area contributed by atoms with Crippen molar-refractivity contribution in [3.8, 4) is 5.75 Å². The summed E-state index contributed by atoms with van der Waals surface area (Å²) in [6.07, 6.45) is 0.0769. The van der Waals surface area contributed by atoms with Gasteiger partial charge in [0.25, 0.3) is 11.8 Å². The van der Waals surface area contributed by atoms with E-state index < -0.39 is 37.0 Å². The summed E-state index contributed by atoms with van der Waals surface area (Å²) in [5.41, 5.74) is 0.794. The molecule has 0 radical (unpaired) electrons. The maximum absolute atomic E-state index is 12.4. The second kappa shape index (κ2) is 12.3. The predicted octanol–water partition coefficient (Wildman–Crippen LogP) is 2.47. The normalized spacial score (nSPS) is 11.6. The number of amides is 3. The minimum atomic E-state index is -3.00. The van der Waals surface area contributed by atoms with E-state index in [1.54, 1.807) is 38.1 Å². The van der Waals surface area contributed by atoms with Gasteiger partial charge in [0, 0.05) is 5.56 Å². The van der Waals surface area contributed by atoms with Crippen LogP contribution in [-0.2, 0) is 25.5 Å². The molecule has 8 nitrogen and oxygen atoms in total. The molecule has 0 spiro atoms. The second-order valence-corrected chi connectivity index (χ2v) is 7.34.